The Labute approximate surface area is 147 Å². The second-order valence-electron chi connectivity index (χ2n) is 6.18. The number of anilines is 2. The zero-order valence-corrected chi connectivity index (χ0v) is 15.7. The molecule has 0 aromatic carbocycles. The van der Waals surface area contributed by atoms with E-state index in [2.05, 4.69) is 53.3 Å². The fourth-order valence-corrected chi connectivity index (χ4v) is 3.28. The van der Waals surface area contributed by atoms with Crippen molar-refractivity contribution in [1.29, 1.82) is 0 Å². The molecule has 7 nitrogen and oxygen atoms in total. The Balaban J connectivity index is 1.86. The van der Waals surface area contributed by atoms with Crippen LogP contribution in [-0.4, -0.2) is 50.7 Å². The molecule has 8 heteroatoms. The fraction of sp³-hybridized carbons (Fsp3) is 0.562. The lowest BCUT2D eigenvalue weighted by molar-refractivity contribution is 0.0943. The molecule has 0 radical (unpaired) electrons. The zero-order valence-electron chi connectivity index (χ0n) is 14.9. The summed E-state index contributed by atoms with van der Waals surface area (Å²) in [5.41, 5.74) is 0. The first kappa shape index (κ1) is 18.4. The van der Waals surface area contributed by atoms with Crippen molar-refractivity contribution in [3.8, 4) is 0 Å². The zero-order chi connectivity index (χ0) is 17.7. The highest BCUT2D eigenvalue weighted by Gasteiger charge is 2.15. The van der Waals surface area contributed by atoms with Crippen molar-refractivity contribution in [2.75, 3.05) is 18.4 Å². The Morgan fingerprint density at radius 3 is 2.62 bits per heavy atom. The standard InChI is InChI=1S/C16H26N6OS/c1-11(2)22(12(3)4)9-8-17-15(23)13-10-18-16(24-13)20-14-6-7-19-21(14)5/h6-7,10-12H,8-9H2,1-5H3,(H,17,23)(H,18,20). The topological polar surface area (TPSA) is 75.1 Å². The number of nitrogens with zero attached hydrogens (tertiary/aromatic N) is 4. The van der Waals surface area contributed by atoms with Crippen LogP contribution in [0.1, 0.15) is 37.4 Å². The second-order valence-corrected chi connectivity index (χ2v) is 7.21. The normalized spacial score (nSPS) is 11.5. The first-order chi connectivity index (χ1) is 11.4. The van der Waals surface area contributed by atoms with Crippen LogP contribution in [0.4, 0.5) is 10.9 Å². The van der Waals surface area contributed by atoms with E-state index in [1.54, 1.807) is 17.1 Å². The minimum atomic E-state index is -0.0852. The Kier molecular flexibility index (Phi) is 6.33. The molecule has 0 spiro atoms. The number of rotatable bonds is 8. The van der Waals surface area contributed by atoms with Gasteiger partial charge in [0.2, 0.25) is 0 Å². The second kappa shape index (κ2) is 8.25. The van der Waals surface area contributed by atoms with E-state index in [0.717, 1.165) is 12.4 Å². The highest BCUT2D eigenvalue weighted by Crippen LogP contribution is 2.21. The maximum Gasteiger partial charge on any atom is 0.263 e. The van der Waals surface area contributed by atoms with E-state index in [1.165, 1.54) is 11.3 Å². The van der Waals surface area contributed by atoms with Crippen LogP contribution in [0.5, 0.6) is 0 Å². The molecular weight excluding hydrogens is 324 g/mol. The van der Waals surface area contributed by atoms with Crippen LogP contribution in [0.2, 0.25) is 0 Å². The van der Waals surface area contributed by atoms with Gasteiger partial charge in [0.1, 0.15) is 10.7 Å². The van der Waals surface area contributed by atoms with Crippen molar-refractivity contribution in [1.82, 2.24) is 25.0 Å². The molecule has 0 saturated heterocycles. The van der Waals surface area contributed by atoms with Crippen LogP contribution in [-0.2, 0) is 7.05 Å². The van der Waals surface area contributed by atoms with Crippen LogP contribution in [0, 0.1) is 0 Å². The molecule has 2 aromatic heterocycles. The summed E-state index contributed by atoms with van der Waals surface area (Å²) in [6.07, 6.45) is 3.31. The summed E-state index contributed by atoms with van der Waals surface area (Å²) >= 11 is 1.33. The van der Waals surface area contributed by atoms with E-state index < -0.39 is 0 Å². The minimum Gasteiger partial charge on any atom is -0.350 e. The Morgan fingerprint density at radius 1 is 1.33 bits per heavy atom. The summed E-state index contributed by atoms with van der Waals surface area (Å²) in [7, 11) is 1.85. The van der Waals surface area contributed by atoms with Crippen LogP contribution in [0.15, 0.2) is 18.5 Å². The molecule has 0 aliphatic carbocycles. The Bertz CT molecular complexity index is 655. The average molecular weight is 350 g/mol. The maximum absolute atomic E-state index is 12.2. The quantitative estimate of drug-likeness (QED) is 0.765. The summed E-state index contributed by atoms with van der Waals surface area (Å²) in [4.78, 5) is 19.4. The molecule has 0 unspecified atom stereocenters. The molecule has 0 bridgehead atoms. The van der Waals surface area contributed by atoms with Gasteiger partial charge in [-0.15, -0.1) is 0 Å². The number of nitrogens with one attached hydrogen (secondary N) is 2. The van der Waals surface area contributed by atoms with Crippen molar-refractivity contribution in [2.24, 2.45) is 7.05 Å². The molecule has 2 heterocycles. The van der Waals surface area contributed by atoms with Gasteiger partial charge in [0.05, 0.1) is 12.4 Å². The Hall–Kier alpha value is -1.93. The summed E-state index contributed by atoms with van der Waals surface area (Å²) in [6, 6.07) is 2.77. The van der Waals surface area contributed by atoms with Crippen LogP contribution >= 0.6 is 11.3 Å². The van der Waals surface area contributed by atoms with Gasteiger partial charge in [-0.1, -0.05) is 11.3 Å². The van der Waals surface area contributed by atoms with E-state index in [0.29, 0.717) is 28.6 Å². The lowest BCUT2D eigenvalue weighted by Crippen LogP contribution is -2.42. The first-order valence-corrected chi connectivity index (χ1v) is 8.95. The molecule has 0 fully saturated rings. The third-order valence-corrected chi connectivity index (χ3v) is 4.68. The first-order valence-electron chi connectivity index (χ1n) is 8.13. The molecule has 0 saturated carbocycles. The number of aromatic nitrogens is 3. The molecule has 2 aromatic rings. The van der Waals surface area contributed by atoms with Crippen molar-refractivity contribution >= 4 is 28.2 Å². The smallest absolute Gasteiger partial charge is 0.263 e. The number of carbonyl (C=O) groups is 1. The highest BCUT2D eigenvalue weighted by molar-refractivity contribution is 7.17. The largest absolute Gasteiger partial charge is 0.350 e. The van der Waals surface area contributed by atoms with Gasteiger partial charge >= 0.3 is 0 Å². The molecular formula is C16H26N6OS. The van der Waals surface area contributed by atoms with Crippen molar-refractivity contribution < 1.29 is 4.79 Å². The van der Waals surface area contributed by atoms with Gasteiger partial charge in [0.15, 0.2) is 5.13 Å². The average Bonchev–Trinajstić information content (AvgIpc) is 3.13. The van der Waals surface area contributed by atoms with Gasteiger partial charge < -0.3 is 10.6 Å². The van der Waals surface area contributed by atoms with Gasteiger partial charge in [-0.3, -0.25) is 14.4 Å². The van der Waals surface area contributed by atoms with Gasteiger partial charge in [-0.05, 0) is 27.7 Å². The van der Waals surface area contributed by atoms with E-state index in [4.69, 9.17) is 0 Å². The van der Waals surface area contributed by atoms with E-state index in [1.807, 2.05) is 13.1 Å². The van der Waals surface area contributed by atoms with E-state index in [9.17, 15) is 4.79 Å². The number of amides is 1. The highest BCUT2D eigenvalue weighted by atomic mass is 32.1. The van der Waals surface area contributed by atoms with Gasteiger partial charge in [-0.2, -0.15) is 5.10 Å². The van der Waals surface area contributed by atoms with E-state index in [-0.39, 0.29) is 5.91 Å². The number of aryl methyl sites for hydroxylation is 1. The molecule has 0 aliphatic rings. The summed E-state index contributed by atoms with van der Waals surface area (Å²) in [5, 5.41) is 10.9. The number of hydrogen-bond acceptors (Lipinski definition) is 6. The van der Waals surface area contributed by atoms with E-state index >= 15 is 0 Å². The predicted molar refractivity (Wildman–Crippen MR) is 97.9 cm³/mol. The fourth-order valence-electron chi connectivity index (χ4n) is 2.54. The molecule has 132 valence electrons. The maximum atomic E-state index is 12.2. The van der Waals surface area contributed by atoms with Crippen molar-refractivity contribution in [3.05, 3.63) is 23.3 Å². The third kappa shape index (κ3) is 4.78. The number of carbonyl (C=O) groups excluding carboxylic acids is 1. The lowest BCUT2D eigenvalue weighted by atomic mass is 10.2. The molecule has 0 atom stereocenters. The minimum absolute atomic E-state index is 0.0852. The number of hydrogen-bond donors (Lipinski definition) is 2. The molecule has 2 rings (SSSR count). The molecule has 0 aliphatic heterocycles. The summed E-state index contributed by atoms with van der Waals surface area (Å²) in [6.45, 7) is 10.1. The van der Waals surface area contributed by atoms with Crippen LogP contribution in [0.3, 0.4) is 0 Å². The van der Waals surface area contributed by atoms with Gasteiger partial charge in [0, 0.05) is 38.3 Å². The SMILES string of the molecule is CC(C)N(CCNC(=O)c1cnc(Nc2ccnn2C)s1)C(C)C. The summed E-state index contributed by atoms with van der Waals surface area (Å²) in [5.74, 6) is 0.749. The number of thiazole rings is 1. The predicted octanol–water partition coefficient (Wildman–Crippen LogP) is 2.47. The Morgan fingerprint density at radius 2 is 2.04 bits per heavy atom. The molecule has 1 amide bonds. The summed E-state index contributed by atoms with van der Waals surface area (Å²) < 4.78 is 1.72. The van der Waals surface area contributed by atoms with Crippen LogP contribution < -0.4 is 10.6 Å². The van der Waals surface area contributed by atoms with Crippen LogP contribution in [0.25, 0.3) is 0 Å². The molecule has 24 heavy (non-hydrogen) atoms. The van der Waals surface area contributed by atoms with Gasteiger partial charge in [0.25, 0.3) is 5.91 Å². The third-order valence-electron chi connectivity index (χ3n) is 3.77. The van der Waals surface area contributed by atoms with Crippen molar-refractivity contribution in [2.45, 2.75) is 39.8 Å². The monoisotopic (exact) mass is 350 g/mol. The molecule has 2 N–H and O–H groups in total. The van der Waals surface area contributed by atoms with Crippen molar-refractivity contribution in [3.63, 3.8) is 0 Å². The van der Waals surface area contributed by atoms with Gasteiger partial charge in [-0.25, -0.2) is 4.98 Å². The lowest BCUT2D eigenvalue weighted by Gasteiger charge is -2.30.